The fourth-order valence-corrected chi connectivity index (χ4v) is 1.22. The van der Waals surface area contributed by atoms with E-state index < -0.39 is 5.41 Å². The van der Waals surface area contributed by atoms with E-state index in [4.69, 9.17) is 11.7 Å². The fraction of sp³-hybridized carbons (Fsp3) is 0.385. The summed E-state index contributed by atoms with van der Waals surface area (Å²) in [5, 5.41) is 8.94. The van der Waals surface area contributed by atoms with Crippen LogP contribution in [0.2, 0.25) is 0 Å². The first-order chi connectivity index (χ1) is 7.10. The Morgan fingerprint density at radius 3 is 2.67 bits per heavy atom. The van der Waals surface area contributed by atoms with Gasteiger partial charge in [0.15, 0.2) is 0 Å². The molecule has 0 saturated carbocycles. The molecule has 1 aromatic heterocycles. The summed E-state index contributed by atoms with van der Waals surface area (Å²) in [7, 11) is 0. The van der Waals surface area contributed by atoms with Crippen LogP contribution in [-0.2, 0) is 11.8 Å². The maximum atomic E-state index is 8.94. The van der Waals surface area contributed by atoms with Gasteiger partial charge in [0.25, 0.3) is 0 Å². The maximum Gasteiger partial charge on any atom is 0.0937 e. The summed E-state index contributed by atoms with van der Waals surface area (Å²) in [5.41, 5.74) is 1.39. The van der Waals surface area contributed by atoms with E-state index in [1.54, 1.807) is 6.20 Å². The Morgan fingerprint density at radius 2 is 2.20 bits per heavy atom. The molecule has 1 rings (SSSR count). The number of hydrogen-bond donors (Lipinski definition) is 0. The minimum absolute atomic E-state index is 0.523. The van der Waals surface area contributed by atoms with Gasteiger partial charge >= 0.3 is 0 Å². The molecular weight excluding hydrogens is 184 g/mol. The second kappa shape index (κ2) is 4.62. The molecule has 0 spiro atoms. The highest BCUT2D eigenvalue weighted by Crippen LogP contribution is 2.19. The Labute approximate surface area is 91.0 Å². The molecule has 0 bridgehead atoms. The van der Waals surface area contributed by atoms with Crippen molar-refractivity contribution in [2.45, 2.75) is 32.1 Å². The lowest BCUT2D eigenvalue weighted by Gasteiger charge is -2.14. The van der Waals surface area contributed by atoms with Crippen molar-refractivity contribution < 1.29 is 0 Å². The van der Waals surface area contributed by atoms with E-state index in [0.717, 1.165) is 24.1 Å². The molecule has 0 aliphatic carbocycles. The van der Waals surface area contributed by atoms with Crippen LogP contribution in [-0.4, -0.2) is 4.98 Å². The van der Waals surface area contributed by atoms with Gasteiger partial charge < -0.3 is 0 Å². The molecule has 0 fully saturated rings. The standard InChI is InChI=1S/C13H14N2/c1-4-5-6-11-7-8-12(15-9-11)13(2,3)10-14/h1,7-9H,5-6H2,2-3H3. The Bertz CT molecular complexity index is 402. The summed E-state index contributed by atoms with van der Waals surface area (Å²) < 4.78 is 0. The molecule has 0 N–H and O–H groups in total. The lowest BCUT2D eigenvalue weighted by Crippen LogP contribution is -2.15. The van der Waals surface area contributed by atoms with Crippen LogP contribution in [0.15, 0.2) is 18.3 Å². The highest BCUT2D eigenvalue weighted by Gasteiger charge is 2.20. The second-order valence-corrected chi connectivity index (χ2v) is 3.99. The van der Waals surface area contributed by atoms with Crippen LogP contribution in [0.1, 0.15) is 31.5 Å². The second-order valence-electron chi connectivity index (χ2n) is 3.99. The van der Waals surface area contributed by atoms with Crippen molar-refractivity contribution in [3.05, 3.63) is 29.6 Å². The summed E-state index contributed by atoms with van der Waals surface area (Å²) >= 11 is 0. The normalized spacial score (nSPS) is 10.4. The van der Waals surface area contributed by atoms with Crippen molar-refractivity contribution in [2.75, 3.05) is 0 Å². The van der Waals surface area contributed by atoms with Gasteiger partial charge in [-0.1, -0.05) is 6.07 Å². The van der Waals surface area contributed by atoms with Gasteiger partial charge in [0, 0.05) is 12.6 Å². The molecular formula is C13H14N2. The van der Waals surface area contributed by atoms with Gasteiger partial charge in [0.2, 0.25) is 0 Å². The van der Waals surface area contributed by atoms with Crippen molar-refractivity contribution in [3.8, 4) is 18.4 Å². The first-order valence-corrected chi connectivity index (χ1v) is 4.90. The Morgan fingerprint density at radius 1 is 1.47 bits per heavy atom. The summed E-state index contributed by atoms with van der Waals surface area (Å²) in [6.45, 7) is 3.72. The number of nitrogens with zero attached hydrogens (tertiary/aromatic N) is 2. The van der Waals surface area contributed by atoms with E-state index in [9.17, 15) is 0 Å². The minimum Gasteiger partial charge on any atom is -0.259 e. The minimum atomic E-state index is -0.523. The Balaban J connectivity index is 2.83. The number of aromatic nitrogens is 1. The lowest BCUT2D eigenvalue weighted by atomic mass is 9.90. The zero-order chi connectivity index (χ0) is 11.3. The van der Waals surface area contributed by atoms with Crippen LogP contribution in [0.25, 0.3) is 0 Å². The third-order valence-electron chi connectivity index (χ3n) is 2.30. The Hall–Kier alpha value is -1.80. The first-order valence-electron chi connectivity index (χ1n) is 4.90. The topological polar surface area (TPSA) is 36.7 Å². The van der Waals surface area contributed by atoms with Crippen LogP contribution in [0.3, 0.4) is 0 Å². The molecule has 76 valence electrons. The zero-order valence-corrected chi connectivity index (χ0v) is 9.12. The van der Waals surface area contributed by atoms with Gasteiger partial charge in [0.05, 0.1) is 17.2 Å². The van der Waals surface area contributed by atoms with Gasteiger partial charge in [-0.3, -0.25) is 4.98 Å². The van der Waals surface area contributed by atoms with Crippen LogP contribution in [0.4, 0.5) is 0 Å². The highest BCUT2D eigenvalue weighted by molar-refractivity contribution is 5.25. The van der Waals surface area contributed by atoms with E-state index >= 15 is 0 Å². The van der Waals surface area contributed by atoms with Crippen molar-refractivity contribution in [1.29, 1.82) is 5.26 Å². The molecule has 1 heterocycles. The molecule has 2 heteroatoms. The predicted octanol–water partition coefficient (Wildman–Crippen LogP) is 2.45. The Kier molecular flexibility index (Phi) is 3.47. The first kappa shape index (κ1) is 11.3. The van der Waals surface area contributed by atoms with Crippen molar-refractivity contribution >= 4 is 0 Å². The van der Waals surface area contributed by atoms with Crippen molar-refractivity contribution in [1.82, 2.24) is 4.98 Å². The van der Waals surface area contributed by atoms with E-state index in [0.29, 0.717) is 0 Å². The van der Waals surface area contributed by atoms with Gasteiger partial charge in [-0.15, -0.1) is 12.3 Å². The van der Waals surface area contributed by atoms with Gasteiger partial charge in [0.1, 0.15) is 0 Å². The number of nitriles is 1. The monoisotopic (exact) mass is 198 g/mol. The molecule has 0 unspecified atom stereocenters. The smallest absolute Gasteiger partial charge is 0.0937 e. The molecule has 0 aromatic carbocycles. The summed E-state index contributed by atoms with van der Waals surface area (Å²) in [6, 6.07) is 6.11. The van der Waals surface area contributed by atoms with E-state index in [1.165, 1.54) is 0 Å². The average molecular weight is 198 g/mol. The van der Waals surface area contributed by atoms with Crippen LogP contribution < -0.4 is 0 Å². The van der Waals surface area contributed by atoms with E-state index in [2.05, 4.69) is 17.0 Å². The third-order valence-corrected chi connectivity index (χ3v) is 2.30. The summed E-state index contributed by atoms with van der Waals surface area (Å²) in [5.74, 6) is 2.59. The lowest BCUT2D eigenvalue weighted by molar-refractivity contribution is 0.658. The molecule has 0 aliphatic heterocycles. The number of aryl methyl sites for hydroxylation is 1. The molecule has 2 nitrogen and oxygen atoms in total. The number of terminal acetylenes is 1. The number of hydrogen-bond acceptors (Lipinski definition) is 2. The maximum absolute atomic E-state index is 8.94. The predicted molar refractivity (Wildman–Crippen MR) is 60.0 cm³/mol. The quantitative estimate of drug-likeness (QED) is 0.699. The van der Waals surface area contributed by atoms with Crippen LogP contribution >= 0.6 is 0 Å². The highest BCUT2D eigenvalue weighted by atomic mass is 14.7. The van der Waals surface area contributed by atoms with Crippen LogP contribution in [0.5, 0.6) is 0 Å². The third kappa shape index (κ3) is 2.82. The van der Waals surface area contributed by atoms with Crippen molar-refractivity contribution in [3.63, 3.8) is 0 Å². The van der Waals surface area contributed by atoms with E-state index in [-0.39, 0.29) is 0 Å². The summed E-state index contributed by atoms with van der Waals surface area (Å²) in [4.78, 5) is 4.28. The largest absolute Gasteiger partial charge is 0.259 e. The molecule has 0 radical (unpaired) electrons. The molecule has 1 aromatic rings. The average Bonchev–Trinajstić information content (AvgIpc) is 2.27. The van der Waals surface area contributed by atoms with Gasteiger partial charge in [-0.25, -0.2) is 0 Å². The molecule has 0 amide bonds. The molecule has 0 saturated heterocycles. The SMILES string of the molecule is C#CCCc1ccc(C(C)(C)C#N)nc1. The van der Waals surface area contributed by atoms with Crippen LogP contribution in [0, 0.1) is 23.7 Å². The molecule has 0 aliphatic rings. The van der Waals surface area contributed by atoms with Gasteiger partial charge in [-0.2, -0.15) is 5.26 Å². The number of pyridine rings is 1. The van der Waals surface area contributed by atoms with Gasteiger partial charge in [-0.05, 0) is 31.9 Å². The van der Waals surface area contributed by atoms with E-state index in [1.807, 2.05) is 26.0 Å². The zero-order valence-electron chi connectivity index (χ0n) is 9.12. The molecule has 15 heavy (non-hydrogen) atoms. The molecule has 0 atom stereocenters. The van der Waals surface area contributed by atoms with Crippen molar-refractivity contribution in [2.24, 2.45) is 0 Å². The fourth-order valence-electron chi connectivity index (χ4n) is 1.22. The number of rotatable bonds is 3. The summed E-state index contributed by atoms with van der Waals surface area (Å²) in [6.07, 6.45) is 8.55.